The van der Waals surface area contributed by atoms with Gasteiger partial charge in [0.2, 0.25) is 0 Å². The Labute approximate surface area is 98.3 Å². The number of nitrogens with one attached hydrogen (secondary N) is 1. The van der Waals surface area contributed by atoms with Crippen molar-refractivity contribution >= 4 is 0 Å². The van der Waals surface area contributed by atoms with Crippen LogP contribution in [0.1, 0.15) is 24.0 Å². The first-order chi connectivity index (χ1) is 7.77. The van der Waals surface area contributed by atoms with Gasteiger partial charge in [-0.05, 0) is 24.1 Å². The first-order valence-electron chi connectivity index (χ1n) is 5.70. The standard InChI is InChI=1S/C14H21NO/c1-4-9-16-11-13-5-7-14(8-6-13)12(2)10-15-3/h4-8,12,15H,1,9-11H2,2-3H3. The Morgan fingerprint density at radius 2 is 2.06 bits per heavy atom. The molecule has 0 bridgehead atoms. The number of hydrogen-bond acceptors (Lipinski definition) is 2. The van der Waals surface area contributed by atoms with Crippen molar-refractivity contribution in [1.82, 2.24) is 5.32 Å². The van der Waals surface area contributed by atoms with E-state index in [1.807, 2.05) is 7.05 Å². The molecule has 1 N–H and O–H groups in total. The third-order valence-corrected chi connectivity index (χ3v) is 2.56. The zero-order chi connectivity index (χ0) is 11.8. The van der Waals surface area contributed by atoms with Crippen molar-refractivity contribution in [2.75, 3.05) is 20.2 Å². The normalized spacial score (nSPS) is 12.4. The van der Waals surface area contributed by atoms with Gasteiger partial charge in [0, 0.05) is 6.54 Å². The van der Waals surface area contributed by atoms with Crippen molar-refractivity contribution in [2.45, 2.75) is 19.4 Å². The molecule has 2 nitrogen and oxygen atoms in total. The second-order valence-corrected chi connectivity index (χ2v) is 4.00. The van der Waals surface area contributed by atoms with Crippen LogP contribution >= 0.6 is 0 Å². The van der Waals surface area contributed by atoms with Crippen LogP contribution < -0.4 is 5.32 Å². The van der Waals surface area contributed by atoms with Crippen molar-refractivity contribution in [2.24, 2.45) is 0 Å². The molecule has 1 aromatic rings. The lowest BCUT2D eigenvalue weighted by Crippen LogP contribution is -2.14. The molecular formula is C14H21NO. The monoisotopic (exact) mass is 219 g/mol. The molecule has 0 aromatic heterocycles. The molecule has 0 amide bonds. The van der Waals surface area contributed by atoms with Gasteiger partial charge in [-0.15, -0.1) is 6.58 Å². The van der Waals surface area contributed by atoms with Crippen LogP contribution in [0, 0.1) is 0 Å². The molecule has 0 spiro atoms. The van der Waals surface area contributed by atoms with Crippen LogP contribution in [0.2, 0.25) is 0 Å². The Morgan fingerprint density at radius 3 is 2.62 bits per heavy atom. The van der Waals surface area contributed by atoms with Crippen molar-refractivity contribution < 1.29 is 4.74 Å². The van der Waals surface area contributed by atoms with Crippen LogP contribution in [0.5, 0.6) is 0 Å². The average molecular weight is 219 g/mol. The summed E-state index contributed by atoms with van der Waals surface area (Å²) in [5.74, 6) is 0.549. The van der Waals surface area contributed by atoms with Gasteiger partial charge in [-0.1, -0.05) is 37.3 Å². The fourth-order valence-electron chi connectivity index (χ4n) is 1.63. The molecule has 0 aliphatic heterocycles. The number of benzene rings is 1. The predicted molar refractivity (Wildman–Crippen MR) is 68.6 cm³/mol. The Balaban J connectivity index is 2.50. The minimum absolute atomic E-state index is 0.549. The largest absolute Gasteiger partial charge is 0.373 e. The molecule has 0 fully saturated rings. The molecule has 1 atom stereocenters. The molecule has 1 aromatic carbocycles. The second kappa shape index (κ2) is 7.20. The highest BCUT2D eigenvalue weighted by Crippen LogP contribution is 2.15. The molecule has 0 radical (unpaired) electrons. The summed E-state index contributed by atoms with van der Waals surface area (Å²) in [6, 6.07) is 8.61. The summed E-state index contributed by atoms with van der Waals surface area (Å²) in [5, 5.41) is 3.19. The highest BCUT2D eigenvalue weighted by molar-refractivity contribution is 5.24. The van der Waals surface area contributed by atoms with Gasteiger partial charge in [-0.25, -0.2) is 0 Å². The third kappa shape index (κ3) is 4.17. The van der Waals surface area contributed by atoms with Crippen LogP contribution in [0.3, 0.4) is 0 Å². The summed E-state index contributed by atoms with van der Waals surface area (Å²) >= 11 is 0. The van der Waals surface area contributed by atoms with E-state index in [0.29, 0.717) is 19.1 Å². The molecule has 0 heterocycles. The topological polar surface area (TPSA) is 21.3 Å². The van der Waals surface area contributed by atoms with Gasteiger partial charge < -0.3 is 10.1 Å². The van der Waals surface area contributed by atoms with Gasteiger partial charge in [0.05, 0.1) is 13.2 Å². The minimum atomic E-state index is 0.549. The van der Waals surface area contributed by atoms with Crippen LogP contribution in [0.25, 0.3) is 0 Å². The number of hydrogen-bond donors (Lipinski definition) is 1. The van der Waals surface area contributed by atoms with Gasteiger partial charge in [0.1, 0.15) is 0 Å². The summed E-state index contributed by atoms with van der Waals surface area (Å²) in [6.07, 6.45) is 1.77. The summed E-state index contributed by atoms with van der Waals surface area (Å²) in [6.45, 7) is 8.11. The summed E-state index contributed by atoms with van der Waals surface area (Å²) < 4.78 is 5.39. The maximum Gasteiger partial charge on any atom is 0.0721 e. The van der Waals surface area contributed by atoms with E-state index in [9.17, 15) is 0 Å². The van der Waals surface area contributed by atoms with Crippen LogP contribution in [0.15, 0.2) is 36.9 Å². The van der Waals surface area contributed by atoms with Crippen LogP contribution in [-0.4, -0.2) is 20.2 Å². The Morgan fingerprint density at radius 1 is 1.38 bits per heavy atom. The Hall–Kier alpha value is -1.12. The number of likely N-dealkylation sites (N-methyl/N-ethyl adjacent to an activating group) is 1. The Kier molecular flexibility index (Phi) is 5.83. The van der Waals surface area contributed by atoms with E-state index < -0.39 is 0 Å². The summed E-state index contributed by atoms with van der Waals surface area (Å²) in [5.41, 5.74) is 2.57. The minimum Gasteiger partial charge on any atom is -0.373 e. The lowest BCUT2D eigenvalue weighted by Gasteiger charge is -2.11. The quantitative estimate of drug-likeness (QED) is 0.562. The Bertz CT molecular complexity index is 305. The van der Waals surface area contributed by atoms with Gasteiger partial charge in [0.25, 0.3) is 0 Å². The molecule has 1 rings (SSSR count). The maximum absolute atomic E-state index is 5.39. The number of rotatable bonds is 7. The van der Waals surface area contributed by atoms with Crippen LogP contribution in [-0.2, 0) is 11.3 Å². The molecule has 2 heteroatoms. The molecule has 0 aliphatic carbocycles. The highest BCUT2D eigenvalue weighted by atomic mass is 16.5. The van der Waals surface area contributed by atoms with E-state index in [2.05, 4.69) is 43.1 Å². The SMILES string of the molecule is C=CCOCc1ccc(C(C)CNC)cc1. The molecule has 88 valence electrons. The molecular weight excluding hydrogens is 198 g/mol. The van der Waals surface area contributed by atoms with E-state index in [4.69, 9.17) is 4.74 Å². The van der Waals surface area contributed by atoms with Crippen molar-refractivity contribution in [3.63, 3.8) is 0 Å². The lowest BCUT2D eigenvalue weighted by molar-refractivity contribution is 0.149. The molecule has 0 aliphatic rings. The summed E-state index contributed by atoms with van der Waals surface area (Å²) in [4.78, 5) is 0. The fraction of sp³-hybridized carbons (Fsp3) is 0.429. The van der Waals surface area contributed by atoms with E-state index >= 15 is 0 Å². The van der Waals surface area contributed by atoms with Gasteiger partial charge in [0.15, 0.2) is 0 Å². The van der Waals surface area contributed by atoms with E-state index in [1.54, 1.807) is 6.08 Å². The second-order valence-electron chi connectivity index (χ2n) is 4.00. The van der Waals surface area contributed by atoms with Crippen molar-refractivity contribution in [3.05, 3.63) is 48.0 Å². The van der Waals surface area contributed by atoms with E-state index in [1.165, 1.54) is 11.1 Å². The first kappa shape index (κ1) is 12.9. The zero-order valence-corrected chi connectivity index (χ0v) is 10.2. The molecule has 1 unspecified atom stereocenters. The lowest BCUT2D eigenvalue weighted by atomic mass is 10.00. The van der Waals surface area contributed by atoms with Gasteiger partial charge in [-0.2, -0.15) is 0 Å². The fourth-order valence-corrected chi connectivity index (χ4v) is 1.63. The molecule has 16 heavy (non-hydrogen) atoms. The predicted octanol–water partition coefficient (Wildman–Crippen LogP) is 2.71. The van der Waals surface area contributed by atoms with Crippen molar-refractivity contribution in [1.29, 1.82) is 0 Å². The zero-order valence-electron chi connectivity index (χ0n) is 10.2. The smallest absolute Gasteiger partial charge is 0.0721 e. The van der Waals surface area contributed by atoms with E-state index in [-0.39, 0.29) is 0 Å². The first-order valence-corrected chi connectivity index (χ1v) is 5.70. The van der Waals surface area contributed by atoms with Crippen LogP contribution in [0.4, 0.5) is 0 Å². The van der Waals surface area contributed by atoms with Gasteiger partial charge >= 0.3 is 0 Å². The highest BCUT2D eigenvalue weighted by Gasteiger charge is 2.03. The van der Waals surface area contributed by atoms with Gasteiger partial charge in [-0.3, -0.25) is 0 Å². The molecule has 0 saturated carbocycles. The van der Waals surface area contributed by atoms with Crippen molar-refractivity contribution in [3.8, 4) is 0 Å². The molecule has 0 saturated heterocycles. The third-order valence-electron chi connectivity index (χ3n) is 2.56. The van der Waals surface area contributed by atoms with E-state index in [0.717, 1.165) is 6.54 Å². The maximum atomic E-state index is 5.39. The average Bonchev–Trinajstić information content (AvgIpc) is 2.30. The number of ether oxygens (including phenoxy) is 1. The summed E-state index contributed by atoms with van der Waals surface area (Å²) in [7, 11) is 1.98.